The lowest BCUT2D eigenvalue weighted by molar-refractivity contribution is 0.909. The molecule has 0 amide bonds. The van der Waals surface area contributed by atoms with Crippen LogP contribution in [0.3, 0.4) is 0 Å². The second kappa shape index (κ2) is 8.52. The molecule has 0 saturated heterocycles. The molecule has 0 aliphatic carbocycles. The van der Waals surface area contributed by atoms with Crippen LogP contribution in [0, 0.1) is 29.6 Å². The van der Waals surface area contributed by atoms with Crippen molar-refractivity contribution in [2.24, 2.45) is 0 Å². The molecule has 0 aromatic carbocycles. The summed E-state index contributed by atoms with van der Waals surface area (Å²) in [5.41, 5.74) is 2.31. The van der Waals surface area contributed by atoms with Crippen molar-refractivity contribution in [1.29, 1.82) is 10.5 Å². The third kappa shape index (κ3) is 4.90. The summed E-state index contributed by atoms with van der Waals surface area (Å²) >= 11 is 3.14. The van der Waals surface area contributed by atoms with Crippen LogP contribution in [0.1, 0.15) is 11.4 Å². The Balaban J connectivity index is 2.32. The average molecular weight is 293 g/mol. The summed E-state index contributed by atoms with van der Waals surface area (Å²) in [7, 11) is 0. The van der Waals surface area contributed by atoms with Crippen LogP contribution >= 0.6 is 23.5 Å². The predicted octanol–water partition coefficient (Wildman–Crippen LogP) is 2.16. The van der Waals surface area contributed by atoms with Gasteiger partial charge in [0.1, 0.15) is 12.1 Å². The van der Waals surface area contributed by atoms with Crippen molar-refractivity contribution in [3.8, 4) is 12.1 Å². The van der Waals surface area contributed by atoms with Crippen LogP contribution in [0.25, 0.3) is 0 Å². The molecule has 7 heteroatoms. The van der Waals surface area contributed by atoms with Gasteiger partial charge in [-0.2, -0.15) is 22.3 Å². The summed E-state index contributed by atoms with van der Waals surface area (Å²) in [5.74, 6) is 1.75. The molecule has 0 radical (unpaired) electrons. The number of thioether (sulfide) groups is 2. The maximum absolute atomic E-state index is 8.79. The van der Waals surface area contributed by atoms with E-state index in [1.54, 1.807) is 18.1 Å². The number of hydrogen-bond donors (Lipinski definition) is 2. The summed E-state index contributed by atoms with van der Waals surface area (Å²) in [6.45, 7) is 2.72. The topological polar surface area (TPSA) is 88.3 Å². The zero-order valence-corrected chi connectivity index (χ0v) is 12.5. The number of allylic oxidation sites excluding steroid dienone is 1. The molecule has 1 aromatic rings. The number of aromatic nitrogens is 2. The molecule has 1 rings (SSSR count). The molecule has 0 spiro atoms. The second-order valence-electron chi connectivity index (χ2n) is 3.59. The summed E-state index contributed by atoms with van der Waals surface area (Å²) < 4.78 is 0. The lowest BCUT2D eigenvalue weighted by atomic mass is 10.3. The highest BCUT2D eigenvalue weighted by molar-refractivity contribution is 8.02. The molecule has 0 saturated carbocycles. The molecule has 0 bridgehead atoms. The number of aromatic amines is 1. The van der Waals surface area contributed by atoms with E-state index in [1.165, 1.54) is 11.8 Å². The molecule has 1 aromatic heterocycles. The number of nitrogens with zero attached hydrogens (tertiary/aromatic N) is 3. The van der Waals surface area contributed by atoms with Crippen LogP contribution in [-0.4, -0.2) is 28.5 Å². The van der Waals surface area contributed by atoms with Crippen LogP contribution in [-0.2, 0) is 5.75 Å². The van der Waals surface area contributed by atoms with Crippen molar-refractivity contribution in [3.05, 3.63) is 28.3 Å². The maximum Gasteiger partial charge on any atom is 0.159 e. The van der Waals surface area contributed by atoms with Gasteiger partial charge in [-0.3, -0.25) is 0 Å². The van der Waals surface area contributed by atoms with Gasteiger partial charge >= 0.3 is 0 Å². The molecule has 0 unspecified atom stereocenters. The van der Waals surface area contributed by atoms with Gasteiger partial charge in [0.2, 0.25) is 0 Å². The van der Waals surface area contributed by atoms with Crippen LogP contribution < -0.4 is 5.32 Å². The zero-order valence-electron chi connectivity index (χ0n) is 10.9. The van der Waals surface area contributed by atoms with E-state index < -0.39 is 0 Å². The van der Waals surface area contributed by atoms with Gasteiger partial charge in [-0.1, -0.05) is 0 Å². The first-order valence-electron chi connectivity index (χ1n) is 5.61. The van der Waals surface area contributed by atoms with Crippen molar-refractivity contribution in [2.45, 2.75) is 12.7 Å². The van der Waals surface area contributed by atoms with E-state index in [0.717, 1.165) is 29.4 Å². The van der Waals surface area contributed by atoms with Gasteiger partial charge in [0, 0.05) is 23.7 Å². The smallest absolute Gasteiger partial charge is 0.159 e. The first-order valence-corrected chi connectivity index (χ1v) is 7.99. The average Bonchev–Trinajstić information content (AvgIpc) is 2.83. The minimum atomic E-state index is 0.139. The highest BCUT2D eigenvalue weighted by Crippen LogP contribution is 2.14. The first kappa shape index (κ1) is 15.5. The van der Waals surface area contributed by atoms with E-state index in [0.29, 0.717) is 5.03 Å². The monoisotopic (exact) mass is 293 g/mol. The van der Waals surface area contributed by atoms with Gasteiger partial charge in [0.05, 0.1) is 17.1 Å². The molecule has 0 fully saturated rings. The van der Waals surface area contributed by atoms with E-state index in [4.69, 9.17) is 10.5 Å². The van der Waals surface area contributed by atoms with Crippen molar-refractivity contribution in [1.82, 2.24) is 15.3 Å². The van der Waals surface area contributed by atoms with Gasteiger partial charge < -0.3 is 10.3 Å². The Bertz CT molecular complexity index is 505. The van der Waals surface area contributed by atoms with Gasteiger partial charge in [-0.25, -0.2) is 4.98 Å². The van der Waals surface area contributed by atoms with E-state index in [1.807, 2.05) is 25.3 Å². The fourth-order valence-electron chi connectivity index (χ4n) is 1.33. The van der Waals surface area contributed by atoms with Crippen molar-refractivity contribution in [3.63, 3.8) is 0 Å². The Kier molecular flexibility index (Phi) is 6.94. The number of imidazole rings is 1. The highest BCUT2D eigenvalue weighted by Gasteiger charge is 2.04. The largest absolute Gasteiger partial charge is 0.377 e. The van der Waals surface area contributed by atoms with E-state index in [9.17, 15) is 0 Å². The number of nitrogens with one attached hydrogen (secondary N) is 2. The molecule has 5 nitrogen and oxygen atoms in total. The molecule has 0 aliphatic rings. The van der Waals surface area contributed by atoms with Crippen LogP contribution in [0.4, 0.5) is 0 Å². The third-order valence-corrected chi connectivity index (χ3v) is 4.09. The second-order valence-corrected chi connectivity index (χ2v) is 5.51. The zero-order chi connectivity index (χ0) is 14.1. The molecular formula is C12H15N5S2. The minimum absolute atomic E-state index is 0.139. The quantitative estimate of drug-likeness (QED) is 0.591. The molecule has 0 aliphatic heterocycles. The Morgan fingerprint density at radius 1 is 1.47 bits per heavy atom. The van der Waals surface area contributed by atoms with Crippen molar-refractivity contribution in [2.75, 3.05) is 18.6 Å². The van der Waals surface area contributed by atoms with Gasteiger partial charge in [-0.15, -0.1) is 11.8 Å². The predicted molar refractivity (Wildman–Crippen MR) is 79.3 cm³/mol. The number of H-pyrrole nitrogens is 1. The van der Waals surface area contributed by atoms with Crippen molar-refractivity contribution < 1.29 is 0 Å². The molecular weight excluding hydrogens is 278 g/mol. The van der Waals surface area contributed by atoms with Gasteiger partial charge in [0.15, 0.2) is 5.57 Å². The van der Waals surface area contributed by atoms with Gasteiger partial charge in [0.25, 0.3) is 0 Å². The van der Waals surface area contributed by atoms with E-state index in [2.05, 4.69) is 15.3 Å². The maximum atomic E-state index is 8.79. The van der Waals surface area contributed by atoms with Crippen molar-refractivity contribution >= 4 is 23.5 Å². The summed E-state index contributed by atoms with van der Waals surface area (Å²) in [6, 6.07) is 3.78. The fraction of sp³-hybridized carbons (Fsp3) is 0.417. The lowest BCUT2D eigenvalue weighted by Gasteiger charge is -2.07. The molecule has 0 atom stereocenters. The Hall–Kier alpha value is -1.57. The van der Waals surface area contributed by atoms with Crippen LogP contribution in [0.2, 0.25) is 0 Å². The van der Waals surface area contributed by atoms with Crippen LogP contribution in [0.15, 0.2) is 16.9 Å². The fourth-order valence-corrected chi connectivity index (χ4v) is 2.74. The number of aryl methyl sites for hydroxylation is 1. The standard InChI is InChI=1S/C12H15N5S2/c1-9-11(17-8-16-9)7-19-4-3-15-12(18-2)10(5-13)6-14/h8,15H,3-4,7H2,1-2H3,(H,16,17). The number of rotatable bonds is 7. The summed E-state index contributed by atoms with van der Waals surface area (Å²) in [4.78, 5) is 7.27. The van der Waals surface area contributed by atoms with Crippen LogP contribution in [0.5, 0.6) is 0 Å². The van der Waals surface area contributed by atoms with E-state index >= 15 is 0 Å². The van der Waals surface area contributed by atoms with Gasteiger partial charge in [-0.05, 0) is 13.2 Å². The highest BCUT2D eigenvalue weighted by atomic mass is 32.2. The minimum Gasteiger partial charge on any atom is -0.377 e. The number of nitriles is 2. The first-order chi connectivity index (χ1) is 9.22. The van der Waals surface area contributed by atoms with E-state index in [-0.39, 0.29) is 5.57 Å². The Labute approximate surface area is 121 Å². The SMILES string of the molecule is CSC(NCCSCc1nc[nH]c1C)=C(C#N)C#N. The Morgan fingerprint density at radius 2 is 2.21 bits per heavy atom. The lowest BCUT2D eigenvalue weighted by Crippen LogP contribution is -2.16. The molecule has 2 N–H and O–H groups in total. The third-order valence-electron chi connectivity index (χ3n) is 2.36. The molecule has 19 heavy (non-hydrogen) atoms. The number of hydrogen-bond acceptors (Lipinski definition) is 6. The summed E-state index contributed by atoms with van der Waals surface area (Å²) in [6.07, 6.45) is 3.54. The molecule has 1 heterocycles. The summed E-state index contributed by atoms with van der Waals surface area (Å²) in [5, 5.41) is 21.3. The molecule has 100 valence electrons. The normalized spacial score (nSPS) is 9.47. The Morgan fingerprint density at radius 3 is 2.74 bits per heavy atom.